The summed E-state index contributed by atoms with van der Waals surface area (Å²) in [6.07, 6.45) is 5.35. The third-order valence-electron chi connectivity index (χ3n) is 4.20. The van der Waals surface area contributed by atoms with Crippen LogP contribution in [0.25, 0.3) is 0 Å². The van der Waals surface area contributed by atoms with Crippen LogP contribution in [0.5, 0.6) is 0 Å². The lowest BCUT2D eigenvalue weighted by atomic mass is 9.90. The smallest absolute Gasteiger partial charge is 0.228 e. The summed E-state index contributed by atoms with van der Waals surface area (Å²) in [5, 5.41) is 3.00. The van der Waals surface area contributed by atoms with E-state index in [0.29, 0.717) is 6.42 Å². The van der Waals surface area contributed by atoms with Crippen molar-refractivity contribution in [1.82, 2.24) is 0 Å². The third-order valence-corrected chi connectivity index (χ3v) is 4.20. The standard InChI is InChI=1S/C19H21NO/c1-14-6-2-5-9-18(14)20-19(21)13-15-10-11-16-7-3-4-8-17(16)12-15/h2,5-6,9-12H,3-4,7-8,13H2,1H3,(H,20,21). The van der Waals surface area contributed by atoms with E-state index in [1.807, 2.05) is 31.2 Å². The Hall–Kier alpha value is -2.09. The molecule has 0 aliphatic heterocycles. The highest BCUT2D eigenvalue weighted by Gasteiger charge is 2.11. The summed E-state index contributed by atoms with van der Waals surface area (Å²) in [5.41, 5.74) is 6.00. The summed E-state index contributed by atoms with van der Waals surface area (Å²) >= 11 is 0. The van der Waals surface area contributed by atoms with E-state index in [1.54, 1.807) is 0 Å². The molecule has 3 rings (SSSR count). The van der Waals surface area contributed by atoms with Crippen molar-refractivity contribution in [2.45, 2.75) is 39.0 Å². The molecule has 0 unspecified atom stereocenters. The fourth-order valence-corrected chi connectivity index (χ4v) is 2.99. The molecular formula is C19H21NO. The predicted octanol–water partition coefficient (Wildman–Crippen LogP) is 4.06. The summed E-state index contributed by atoms with van der Waals surface area (Å²) in [7, 11) is 0. The van der Waals surface area contributed by atoms with Crippen LogP contribution >= 0.6 is 0 Å². The van der Waals surface area contributed by atoms with Crippen LogP contribution in [-0.4, -0.2) is 5.91 Å². The van der Waals surface area contributed by atoms with Crippen LogP contribution in [0, 0.1) is 6.92 Å². The Morgan fingerprint density at radius 3 is 2.62 bits per heavy atom. The van der Waals surface area contributed by atoms with Crippen LogP contribution in [0.2, 0.25) is 0 Å². The highest BCUT2D eigenvalue weighted by molar-refractivity contribution is 5.92. The van der Waals surface area contributed by atoms with Gasteiger partial charge in [-0.05, 0) is 60.9 Å². The number of carbonyl (C=O) groups is 1. The van der Waals surface area contributed by atoms with Crippen LogP contribution < -0.4 is 5.32 Å². The fourth-order valence-electron chi connectivity index (χ4n) is 2.99. The van der Waals surface area contributed by atoms with Gasteiger partial charge in [-0.2, -0.15) is 0 Å². The lowest BCUT2D eigenvalue weighted by molar-refractivity contribution is -0.115. The monoisotopic (exact) mass is 279 g/mol. The van der Waals surface area contributed by atoms with Crippen LogP contribution in [0.3, 0.4) is 0 Å². The number of para-hydroxylation sites is 1. The molecule has 2 nitrogen and oxygen atoms in total. The zero-order valence-electron chi connectivity index (χ0n) is 12.5. The third kappa shape index (κ3) is 3.33. The number of hydrogen-bond acceptors (Lipinski definition) is 1. The van der Waals surface area contributed by atoms with Gasteiger partial charge in [-0.15, -0.1) is 0 Å². The maximum Gasteiger partial charge on any atom is 0.228 e. The lowest BCUT2D eigenvalue weighted by Gasteiger charge is -2.16. The Balaban J connectivity index is 1.69. The summed E-state index contributed by atoms with van der Waals surface area (Å²) in [5.74, 6) is 0.0556. The molecule has 2 heteroatoms. The van der Waals surface area contributed by atoms with E-state index < -0.39 is 0 Å². The quantitative estimate of drug-likeness (QED) is 0.902. The minimum absolute atomic E-state index is 0.0556. The van der Waals surface area contributed by atoms with Crippen LogP contribution in [0.15, 0.2) is 42.5 Å². The van der Waals surface area contributed by atoms with Crippen molar-refractivity contribution in [1.29, 1.82) is 0 Å². The van der Waals surface area contributed by atoms with Crippen molar-refractivity contribution in [2.24, 2.45) is 0 Å². The van der Waals surface area contributed by atoms with Crippen LogP contribution in [0.1, 0.15) is 35.1 Å². The van der Waals surface area contributed by atoms with E-state index in [9.17, 15) is 4.79 Å². The molecule has 21 heavy (non-hydrogen) atoms. The van der Waals surface area contributed by atoms with Crippen molar-refractivity contribution >= 4 is 11.6 Å². The number of rotatable bonds is 3. The first kappa shape index (κ1) is 13.9. The summed E-state index contributed by atoms with van der Waals surface area (Å²) in [6.45, 7) is 2.01. The number of benzene rings is 2. The van der Waals surface area contributed by atoms with Gasteiger partial charge in [0.1, 0.15) is 0 Å². The molecule has 1 amide bonds. The number of nitrogens with one attached hydrogen (secondary N) is 1. The molecule has 0 spiro atoms. The molecule has 1 aliphatic carbocycles. The zero-order valence-corrected chi connectivity index (χ0v) is 12.5. The molecule has 0 bridgehead atoms. The number of hydrogen-bond donors (Lipinski definition) is 1. The van der Waals surface area contributed by atoms with Gasteiger partial charge in [-0.3, -0.25) is 4.79 Å². The maximum atomic E-state index is 12.2. The van der Waals surface area contributed by atoms with Gasteiger partial charge < -0.3 is 5.32 Å². The van der Waals surface area contributed by atoms with Crippen molar-refractivity contribution in [3.05, 3.63) is 64.7 Å². The van der Waals surface area contributed by atoms with E-state index in [4.69, 9.17) is 0 Å². The molecular weight excluding hydrogens is 258 g/mol. The number of aryl methyl sites for hydroxylation is 3. The van der Waals surface area contributed by atoms with Gasteiger partial charge in [0.15, 0.2) is 0 Å². The molecule has 0 aromatic heterocycles. The van der Waals surface area contributed by atoms with E-state index >= 15 is 0 Å². The second kappa shape index (κ2) is 6.13. The maximum absolute atomic E-state index is 12.2. The molecule has 0 atom stereocenters. The van der Waals surface area contributed by atoms with Crippen molar-refractivity contribution in [2.75, 3.05) is 5.32 Å². The second-order valence-electron chi connectivity index (χ2n) is 5.85. The Bertz CT molecular complexity index is 660. The van der Waals surface area contributed by atoms with Gasteiger partial charge in [-0.25, -0.2) is 0 Å². The Morgan fingerprint density at radius 2 is 1.81 bits per heavy atom. The van der Waals surface area contributed by atoms with Gasteiger partial charge in [0.05, 0.1) is 6.42 Å². The molecule has 108 valence electrons. The topological polar surface area (TPSA) is 29.1 Å². The minimum Gasteiger partial charge on any atom is -0.326 e. The first-order valence-corrected chi connectivity index (χ1v) is 7.68. The summed E-state index contributed by atoms with van der Waals surface area (Å²) < 4.78 is 0. The normalized spacial score (nSPS) is 13.6. The number of fused-ring (bicyclic) bond motifs is 1. The Labute approximate surface area is 126 Å². The number of amides is 1. The minimum atomic E-state index is 0.0556. The van der Waals surface area contributed by atoms with Crippen LogP contribution in [-0.2, 0) is 24.1 Å². The first-order valence-electron chi connectivity index (χ1n) is 7.68. The summed E-state index contributed by atoms with van der Waals surface area (Å²) in [6, 6.07) is 14.4. The van der Waals surface area contributed by atoms with Gasteiger partial charge in [-0.1, -0.05) is 36.4 Å². The number of carbonyl (C=O) groups excluding carboxylic acids is 1. The predicted molar refractivity (Wildman–Crippen MR) is 86.6 cm³/mol. The van der Waals surface area contributed by atoms with E-state index in [2.05, 4.69) is 23.5 Å². The van der Waals surface area contributed by atoms with Crippen molar-refractivity contribution in [3.63, 3.8) is 0 Å². The van der Waals surface area contributed by atoms with Gasteiger partial charge in [0.2, 0.25) is 5.91 Å². The zero-order chi connectivity index (χ0) is 14.7. The second-order valence-corrected chi connectivity index (χ2v) is 5.85. The molecule has 0 radical (unpaired) electrons. The van der Waals surface area contributed by atoms with Crippen molar-refractivity contribution in [3.8, 4) is 0 Å². The molecule has 0 heterocycles. The lowest BCUT2D eigenvalue weighted by Crippen LogP contribution is -2.15. The first-order chi connectivity index (χ1) is 10.2. The molecule has 0 fully saturated rings. The number of anilines is 1. The SMILES string of the molecule is Cc1ccccc1NC(=O)Cc1ccc2c(c1)CCCC2. The molecule has 0 saturated carbocycles. The highest BCUT2D eigenvalue weighted by atomic mass is 16.1. The molecule has 1 N–H and O–H groups in total. The molecule has 0 saturated heterocycles. The molecule has 2 aromatic carbocycles. The van der Waals surface area contributed by atoms with Gasteiger partial charge in [0.25, 0.3) is 0 Å². The van der Waals surface area contributed by atoms with Crippen molar-refractivity contribution < 1.29 is 4.79 Å². The van der Waals surface area contributed by atoms with Gasteiger partial charge in [0, 0.05) is 5.69 Å². The summed E-state index contributed by atoms with van der Waals surface area (Å²) in [4.78, 5) is 12.2. The molecule has 1 aliphatic rings. The average molecular weight is 279 g/mol. The average Bonchev–Trinajstić information content (AvgIpc) is 2.49. The Morgan fingerprint density at radius 1 is 1.05 bits per heavy atom. The van der Waals surface area contributed by atoms with E-state index in [-0.39, 0.29) is 5.91 Å². The fraction of sp³-hybridized carbons (Fsp3) is 0.316. The van der Waals surface area contributed by atoms with Gasteiger partial charge >= 0.3 is 0 Å². The largest absolute Gasteiger partial charge is 0.326 e. The van der Waals surface area contributed by atoms with Crippen LogP contribution in [0.4, 0.5) is 5.69 Å². The van der Waals surface area contributed by atoms with E-state index in [0.717, 1.165) is 23.2 Å². The van der Waals surface area contributed by atoms with E-state index in [1.165, 1.54) is 30.4 Å². The Kier molecular flexibility index (Phi) is 4.05. The molecule has 2 aromatic rings. The highest BCUT2D eigenvalue weighted by Crippen LogP contribution is 2.22.